The number of hydrogen-bond donors (Lipinski definition) is 5. The summed E-state index contributed by atoms with van der Waals surface area (Å²) in [6.45, 7) is 2.84. The van der Waals surface area contributed by atoms with Crippen molar-refractivity contribution in [3.8, 4) is 0 Å². The third kappa shape index (κ3) is 20.0. The maximum atomic E-state index is 11.6. The van der Waals surface area contributed by atoms with Crippen molar-refractivity contribution in [2.24, 2.45) is 5.92 Å². The van der Waals surface area contributed by atoms with Crippen molar-refractivity contribution in [2.75, 3.05) is 13.2 Å². The minimum Gasteiger partial charge on any atom is -0.481 e. The summed E-state index contributed by atoms with van der Waals surface area (Å²) >= 11 is 0. The molecule has 0 rings (SSSR count). The van der Waals surface area contributed by atoms with Gasteiger partial charge in [-0.3, -0.25) is 9.59 Å². The van der Waals surface area contributed by atoms with E-state index >= 15 is 0 Å². The van der Waals surface area contributed by atoms with Gasteiger partial charge in [-0.25, -0.2) is 0 Å². The van der Waals surface area contributed by atoms with Gasteiger partial charge in [-0.15, -0.1) is 0 Å². The Hall–Kier alpha value is -1.02. The van der Waals surface area contributed by atoms with Crippen molar-refractivity contribution >= 4 is 11.8 Å². The fraction of sp³-hybridized carbons (Fsp3) is 0.909. The summed E-state index contributed by atoms with van der Waals surface area (Å²) in [5.74, 6) is -2.72. The van der Waals surface area contributed by atoms with E-state index in [1.807, 2.05) is 0 Å². The smallest absolute Gasteiger partial charge is 0.314 e. The number of ketones is 1. The van der Waals surface area contributed by atoms with Crippen molar-refractivity contribution in [3.63, 3.8) is 0 Å². The van der Waals surface area contributed by atoms with Crippen LogP contribution in [0.5, 0.6) is 0 Å². The van der Waals surface area contributed by atoms with Crippen molar-refractivity contribution in [1.29, 1.82) is 0 Å². The monoisotopic (exact) mass is 420 g/mol. The average Bonchev–Trinajstić information content (AvgIpc) is 2.70. The van der Waals surface area contributed by atoms with Gasteiger partial charge in [0.15, 0.2) is 5.78 Å². The Balaban J connectivity index is 0. The molecule has 29 heavy (non-hydrogen) atoms. The molecule has 174 valence electrons. The standard InChI is InChI=1S/C19H36O4.C3H8O3/c1-3-4-5-6-7-8-9-10-11-12-13-14-15-17(19(22)23)18(21)16(2)20;4-1-3(6)2-5/h16-17,20H,3-15H2,1-2H3,(H,22,23);3-6H,1-2H2. The molecule has 0 aliphatic heterocycles. The zero-order valence-electron chi connectivity index (χ0n) is 18.4. The summed E-state index contributed by atoms with van der Waals surface area (Å²) in [7, 11) is 0. The molecular formula is C22H44O7. The molecule has 0 aliphatic carbocycles. The van der Waals surface area contributed by atoms with Gasteiger partial charge in [0.2, 0.25) is 0 Å². The second-order valence-electron chi connectivity index (χ2n) is 7.67. The third-order valence-corrected chi connectivity index (χ3v) is 4.82. The van der Waals surface area contributed by atoms with Crippen LogP contribution in [0.3, 0.4) is 0 Å². The number of carboxylic acid groups (broad SMARTS) is 1. The fourth-order valence-electron chi connectivity index (χ4n) is 2.93. The first-order valence-electron chi connectivity index (χ1n) is 11.2. The Bertz CT molecular complexity index is 381. The van der Waals surface area contributed by atoms with Crippen molar-refractivity contribution in [2.45, 2.75) is 110 Å². The predicted octanol–water partition coefficient (Wildman–Crippen LogP) is 3.06. The molecule has 0 bridgehead atoms. The number of carboxylic acids is 1. The van der Waals surface area contributed by atoms with E-state index in [1.54, 1.807) is 0 Å². The molecule has 2 unspecified atom stereocenters. The summed E-state index contributed by atoms with van der Waals surface area (Å²) in [5, 5.41) is 42.3. The summed E-state index contributed by atoms with van der Waals surface area (Å²) in [6, 6.07) is 0. The largest absolute Gasteiger partial charge is 0.481 e. The van der Waals surface area contributed by atoms with Crippen molar-refractivity contribution in [3.05, 3.63) is 0 Å². The number of carbonyl (C=O) groups excluding carboxylic acids is 1. The highest BCUT2D eigenvalue weighted by Crippen LogP contribution is 2.16. The average molecular weight is 421 g/mol. The van der Waals surface area contributed by atoms with E-state index in [9.17, 15) is 14.7 Å². The lowest BCUT2D eigenvalue weighted by Crippen LogP contribution is -2.31. The lowest BCUT2D eigenvalue weighted by Gasteiger charge is -2.12. The van der Waals surface area contributed by atoms with Gasteiger partial charge < -0.3 is 25.5 Å². The van der Waals surface area contributed by atoms with Gasteiger partial charge in [0.05, 0.1) is 13.2 Å². The van der Waals surface area contributed by atoms with Gasteiger partial charge in [-0.1, -0.05) is 84.0 Å². The van der Waals surface area contributed by atoms with E-state index in [4.69, 9.17) is 20.4 Å². The first-order valence-corrected chi connectivity index (χ1v) is 11.2. The number of Topliss-reactive ketones (excluding diaryl/α,β-unsaturated/α-hetero) is 1. The van der Waals surface area contributed by atoms with Crippen LogP contribution in [0.4, 0.5) is 0 Å². The Labute approximate surface area is 176 Å². The van der Waals surface area contributed by atoms with Gasteiger partial charge in [0, 0.05) is 0 Å². The first kappa shape index (κ1) is 30.2. The van der Waals surface area contributed by atoms with Crippen LogP contribution in [0.25, 0.3) is 0 Å². The fourth-order valence-corrected chi connectivity index (χ4v) is 2.93. The number of carbonyl (C=O) groups is 2. The highest BCUT2D eigenvalue weighted by Gasteiger charge is 2.28. The van der Waals surface area contributed by atoms with E-state index in [0.29, 0.717) is 6.42 Å². The number of aliphatic carboxylic acids is 1. The topological polar surface area (TPSA) is 135 Å². The normalized spacial score (nSPS) is 12.9. The maximum Gasteiger partial charge on any atom is 0.314 e. The van der Waals surface area contributed by atoms with Crippen LogP contribution in [0.15, 0.2) is 0 Å². The molecule has 0 aromatic carbocycles. The molecule has 2 atom stereocenters. The Morgan fingerprint density at radius 2 is 1.10 bits per heavy atom. The van der Waals surface area contributed by atoms with Gasteiger partial charge in [0.1, 0.15) is 18.1 Å². The number of hydrogen-bond acceptors (Lipinski definition) is 6. The molecular weight excluding hydrogens is 376 g/mol. The lowest BCUT2D eigenvalue weighted by molar-refractivity contribution is -0.149. The predicted molar refractivity (Wildman–Crippen MR) is 114 cm³/mol. The van der Waals surface area contributed by atoms with Crippen LogP contribution in [0, 0.1) is 5.92 Å². The lowest BCUT2D eigenvalue weighted by atomic mass is 9.94. The molecule has 7 heteroatoms. The molecule has 0 saturated carbocycles. The van der Waals surface area contributed by atoms with Crippen LogP contribution >= 0.6 is 0 Å². The molecule has 0 fully saturated rings. The van der Waals surface area contributed by atoms with Crippen molar-refractivity contribution < 1.29 is 35.1 Å². The zero-order valence-corrected chi connectivity index (χ0v) is 18.4. The van der Waals surface area contributed by atoms with Gasteiger partial charge in [-0.05, 0) is 13.3 Å². The van der Waals surface area contributed by atoms with Crippen LogP contribution in [-0.4, -0.2) is 62.7 Å². The minimum atomic E-state index is -1.19. The van der Waals surface area contributed by atoms with E-state index < -0.39 is 29.9 Å². The molecule has 0 amide bonds. The van der Waals surface area contributed by atoms with E-state index in [2.05, 4.69) is 6.92 Å². The van der Waals surface area contributed by atoms with Crippen LogP contribution in [-0.2, 0) is 9.59 Å². The molecule has 7 nitrogen and oxygen atoms in total. The molecule has 0 aromatic heterocycles. The third-order valence-electron chi connectivity index (χ3n) is 4.82. The quantitative estimate of drug-likeness (QED) is 0.170. The van der Waals surface area contributed by atoms with E-state index in [0.717, 1.165) is 19.3 Å². The number of aliphatic hydroxyl groups is 4. The van der Waals surface area contributed by atoms with Crippen molar-refractivity contribution in [1.82, 2.24) is 0 Å². The Kier molecular flexibility index (Phi) is 22.6. The Morgan fingerprint density at radius 1 is 0.724 bits per heavy atom. The summed E-state index contributed by atoms with van der Waals surface area (Å²) in [6.07, 6.45) is 12.8. The molecule has 0 radical (unpaired) electrons. The van der Waals surface area contributed by atoms with E-state index in [1.165, 1.54) is 64.7 Å². The van der Waals surface area contributed by atoms with Crippen LogP contribution < -0.4 is 0 Å². The first-order chi connectivity index (χ1) is 13.8. The number of aliphatic hydroxyl groups excluding tert-OH is 4. The minimum absolute atomic E-state index is 0.344. The molecule has 0 spiro atoms. The second kappa shape index (κ2) is 21.7. The molecule has 0 aromatic rings. The summed E-state index contributed by atoms with van der Waals surface area (Å²) < 4.78 is 0. The summed E-state index contributed by atoms with van der Waals surface area (Å²) in [5.41, 5.74) is 0. The zero-order chi connectivity index (χ0) is 22.5. The van der Waals surface area contributed by atoms with Gasteiger partial charge in [0.25, 0.3) is 0 Å². The molecule has 0 heterocycles. The maximum absolute atomic E-state index is 11.6. The van der Waals surface area contributed by atoms with Gasteiger partial charge in [-0.2, -0.15) is 0 Å². The summed E-state index contributed by atoms with van der Waals surface area (Å²) in [4.78, 5) is 22.6. The van der Waals surface area contributed by atoms with E-state index in [-0.39, 0.29) is 13.2 Å². The van der Waals surface area contributed by atoms with Gasteiger partial charge >= 0.3 is 5.97 Å². The number of unbranched alkanes of at least 4 members (excludes halogenated alkanes) is 11. The molecule has 0 saturated heterocycles. The number of rotatable bonds is 18. The highest BCUT2D eigenvalue weighted by molar-refractivity contribution is 6.00. The SMILES string of the molecule is CCCCCCCCCCCCCCC(C(=O)O)C(=O)C(C)O.OCC(O)CO. The molecule has 5 N–H and O–H groups in total. The van der Waals surface area contributed by atoms with Crippen LogP contribution in [0.1, 0.15) is 97.3 Å². The highest BCUT2D eigenvalue weighted by atomic mass is 16.4. The second-order valence-corrected chi connectivity index (χ2v) is 7.67. The van der Waals surface area contributed by atoms with Crippen LogP contribution in [0.2, 0.25) is 0 Å². The Morgan fingerprint density at radius 3 is 1.38 bits per heavy atom. The molecule has 0 aliphatic rings.